The van der Waals surface area contributed by atoms with Crippen LogP contribution in [0.4, 0.5) is 11.4 Å². The SMILES string of the molecule is O=C(Nc1ccccc1N1CCOCC1)c1cocn1. The maximum Gasteiger partial charge on any atom is 0.277 e. The molecule has 0 saturated carbocycles. The first kappa shape index (κ1) is 12.7. The first-order valence-electron chi connectivity index (χ1n) is 6.46. The highest BCUT2D eigenvalue weighted by molar-refractivity contribution is 6.04. The molecule has 0 aliphatic carbocycles. The molecule has 1 aromatic heterocycles. The third kappa shape index (κ3) is 2.65. The normalized spacial score (nSPS) is 15.1. The van der Waals surface area contributed by atoms with E-state index in [4.69, 9.17) is 9.15 Å². The quantitative estimate of drug-likeness (QED) is 0.923. The van der Waals surface area contributed by atoms with Crippen molar-refractivity contribution in [2.75, 3.05) is 36.5 Å². The Labute approximate surface area is 116 Å². The van der Waals surface area contributed by atoms with Gasteiger partial charge in [-0.1, -0.05) is 12.1 Å². The molecule has 1 aromatic carbocycles. The maximum atomic E-state index is 12.0. The van der Waals surface area contributed by atoms with Crippen LogP contribution in [0.5, 0.6) is 0 Å². The van der Waals surface area contributed by atoms with E-state index in [2.05, 4.69) is 15.2 Å². The number of anilines is 2. The van der Waals surface area contributed by atoms with Crippen LogP contribution in [0.2, 0.25) is 0 Å². The molecule has 1 aliphatic heterocycles. The minimum atomic E-state index is -0.278. The van der Waals surface area contributed by atoms with E-state index in [1.807, 2.05) is 24.3 Å². The first-order chi connectivity index (χ1) is 9.84. The lowest BCUT2D eigenvalue weighted by Gasteiger charge is -2.30. The number of nitrogens with one attached hydrogen (secondary N) is 1. The summed E-state index contributed by atoms with van der Waals surface area (Å²) in [6.07, 6.45) is 2.56. The second-order valence-corrected chi connectivity index (χ2v) is 4.44. The standard InChI is InChI=1S/C14H15N3O3/c18-14(12-9-20-10-15-12)16-11-3-1-2-4-13(11)17-5-7-19-8-6-17/h1-4,9-10H,5-8H2,(H,16,18). The molecule has 1 aliphatic rings. The monoisotopic (exact) mass is 273 g/mol. The van der Waals surface area contributed by atoms with Crippen LogP contribution in [0.1, 0.15) is 10.5 Å². The number of carbonyl (C=O) groups is 1. The summed E-state index contributed by atoms with van der Waals surface area (Å²) in [6, 6.07) is 7.71. The zero-order valence-electron chi connectivity index (χ0n) is 10.9. The average molecular weight is 273 g/mol. The van der Waals surface area contributed by atoms with Gasteiger partial charge in [-0.15, -0.1) is 0 Å². The van der Waals surface area contributed by atoms with Gasteiger partial charge in [0.25, 0.3) is 5.91 Å². The van der Waals surface area contributed by atoms with E-state index in [0.717, 1.165) is 24.5 Å². The number of para-hydroxylation sites is 2. The van der Waals surface area contributed by atoms with Gasteiger partial charge in [-0.2, -0.15) is 0 Å². The van der Waals surface area contributed by atoms with Crippen molar-refractivity contribution in [3.63, 3.8) is 0 Å². The van der Waals surface area contributed by atoms with Gasteiger partial charge in [-0.3, -0.25) is 4.79 Å². The Balaban J connectivity index is 1.80. The summed E-state index contributed by atoms with van der Waals surface area (Å²) in [5.74, 6) is -0.278. The first-order valence-corrected chi connectivity index (χ1v) is 6.46. The molecule has 2 heterocycles. The molecule has 20 heavy (non-hydrogen) atoms. The molecule has 104 valence electrons. The molecular formula is C14H15N3O3. The Bertz CT molecular complexity index is 577. The fourth-order valence-corrected chi connectivity index (χ4v) is 2.17. The molecule has 0 spiro atoms. The molecule has 6 nitrogen and oxygen atoms in total. The van der Waals surface area contributed by atoms with E-state index in [9.17, 15) is 4.79 Å². The second-order valence-electron chi connectivity index (χ2n) is 4.44. The number of amides is 1. The van der Waals surface area contributed by atoms with Crippen LogP contribution in [0.15, 0.2) is 41.3 Å². The van der Waals surface area contributed by atoms with E-state index in [0.29, 0.717) is 13.2 Å². The third-order valence-electron chi connectivity index (χ3n) is 3.17. The van der Waals surface area contributed by atoms with Gasteiger partial charge in [0.1, 0.15) is 6.26 Å². The molecule has 0 bridgehead atoms. The van der Waals surface area contributed by atoms with Crippen LogP contribution < -0.4 is 10.2 Å². The number of oxazole rings is 1. The van der Waals surface area contributed by atoms with E-state index < -0.39 is 0 Å². The highest BCUT2D eigenvalue weighted by atomic mass is 16.5. The van der Waals surface area contributed by atoms with Crippen LogP contribution in [-0.2, 0) is 4.74 Å². The summed E-state index contributed by atoms with van der Waals surface area (Å²) in [5.41, 5.74) is 2.02. The number of nitrogens with zero attached hydrogens (tertiary/aromatic N) is 2. The Morgan fingerprint density at radius 3 is 2.80 bits per heavy atom. The van der Waals surface area contributed by atoms with Crippen LogP contribution in [0, 0.1) is 0 Å². The van der Waals surface area contributed by atoms with Gasteiger partial charge in [0.2, 0.25) is 0 Å². The zero-order chi connectivity index (χ0) is 13.8. The van der Waals surface area contributed by atoms with Gasteiger partial charge in [-0.25, -0.2) is 4.98 Å². The van der Waals surface area contributed by atoms with Crippen molar-refractivity contribution in [3.8, 4) is 0 Å². The number of morpholine rings is 1. The van der Waals surface area contributed by atoms with Gasteiger partial charge < -0.3 is 19.4 Å². The molecule has 1 saturated heterocycles. The van der Waals surface area contributed by atoms with Crippen LogP contribution >= 0.6 is 0 Å². The lowest BCUT2D eigenvalue weighted by Crippen LogP contribution is -2.36. The van der Waals surface area contributed by atoms with Crippen LogP contribution in [0.3, 0.4) is 0 Å². The van der Waals surface area contributed by atoms with Crippen molar-refractivity contribution in [1.82, 2.24) is 4.98 Å². The van der Waals surface area contributed by atoms with Gasteiger partial charge in [-0.05, 0) is 12.1 Å². The summed E-state index contributed by atoms with van der Waals surface area (Å²) in [4.78, 5) is 18.1. The van der Waals surface area contributed by atoms with Crippen molar-refractivity contribution in [2.24, 2.45) is 0 Å². The van der Waals surface area contributed by atoms with E-state index in [-0.39, 0.29) is 11.6 Å². The number of aromatic nitrogens is 1. The zero-order valence-corrected chi connectivity index (χ0v) is 10.9. The van der Waals surface area contributed by atoms with Crippen molar-refractivity contribution >= 4 is 17.3 Å². The Kier molecular flexibility index (Phi) is 3.64. The van der Waals surface area contributed by atoms with Crippen LogP contribution in [0.25, 0.3) is 0 Å². The smallest absolute Gasteiger partial charge is 0.277 e. The molecule has 0 unspecified atom stereocenters. The summed E-state index contributed by atoms with van der Waals surface area (Å²) in [7, 11) is 0. The lowest BCUT2D eigenvalue weighted by atomic mass is 10.2. The van der Waals surface area contributed by atoms with Crippen LogP contribution in [-0.4, -0.2) is 37.2 Å². The Morgan fingerprint density at radius 1 is 1.25 bits per heavy atom. The second kappa shape index (κ2) is 5.75. The third-order valence-corrected chi connectivity index (χ3v) is 3.17. The maximum absolute atomic E-state index is 12.0. The average Bonchev–Trinajstić information content (AvgIpc) is 3.03. The molecule has 1 N–H and O–H groups in total. The van der Waals surface area contributed by atoms with E-state index >= 15 is 0 Å². The predicted molar refractivity (Wildman–Crippen MR) is 73.9 cm³/mol. The lowest BCUT2D eigenvalue weighted by molar-refractivity contribution is 0.102. The Morgan fingerprint density at radius 2 is 2.05 bits per heavy atom. The molecule has 2 aromatic rings. The molecular weight excluding hydrogens is 258 g/mol. The minimum absolute atomic E-state index is 0.266. The molecule has 3 rings (SSSR count). The van der Waals surface area contributed by atoms with Crippen molar-refractivity contribution < 1.29 is 13.9 Å². The van der Waals surface area contributed by atoms with Crippen molar-refractivity contribution in [3.05, 3.63) is 42.6 Å². The van der Waals surface area contributed by atoms with Gasteiger partial charge in [0.15, 0.2) is 12.1 Å². The molecule has 0 atom stereocenters. The van der Waals surface area contributed by atoms with Gasteiger partial charge >= 0.3 is 0 Å². The van der Waals surface area contributed by atoms with Gasteiger partial charge in [0, 0.05) is 13.1 Å². The summed E-state index contributed by atoms with van der Waals surface area (Å²) < 4.78 is 10.2. The van der Waals surface area contributed by atoms with E-state index in [1.165, 1.54) is 12.7 Å². The number of benzene rings is 1. The fraction of sp³-hybridized carbons (Fsp3) is 0.286. The number of carbonyl (C=O) groups excluding carboxylic acids is 1. The molecule has 6 heteroatoms. The fourth-order valence-electron chi connectivity index (χ4n) is 2.17. The minimum Gasteiger partial charge on any atom is -0.451 e. The molecule has 0 radical (unpaired) electrons. The van der Waals surface area contributed by atoms with Crippen molar-refractivity contribution in [2.45, 2.75) is 0 Å². The highest BCUT2D eigenvalue weighted by Crippen LogP contribution is 2.26. The number of hydrogen-bond acceptors (Lipinski definition) is 5. The highest BCUT2D eigenvalue weighted by Gasteiger charge is 2.16. The van der Waals surface area contributed by atoms with Gasteiger partial charge in [0.05, 0.1) is 24.6 Å². The Hall–Kier alpha value is -2.34. The summed E-state index contributed by atoms with van der Waals surface area (Å²) in [5, 5.41) is 2.87. The number of hydrogen-bond donors (Lipinski definition) is 1. The molecule has 1 fully saturated rings. The topological polar surface area (TPSA) is 67.6 Å². The largest absolute Gasteiger partial charge is 0.451 e. The summed E-state index contributed by atoms with van der Waals surface area (Å²) >= 11 is 0. The number of rotatable bonds is 3. The number of ether oxygens (including phenoxy) is 1. The predicted octanol–water partition coefficient (Wildman–Crippen LogP) is 1.76. The molecule has 1 amide bonds. The van der Waals surface area contributed by atoms with E-state index in [1.54, 1.807) is 0 Å². The summed E-state index contributed by atoms with van der Waals surface area (Å²) in [6.45, 7) is 3.03. The van der Waals surface area contributed by atoms with Crippen molar-refractivity contribution in [1.29, 1.82) is 0 Å².